The molecule has 3 N–H and O–H groups in total. The number of benzene rings is 4. The quantitative estimate of drug-likeness (QED) is 0.116. The zero-order valence-electron chi connectivity index (χ0n) is 26.1. The number of esters is 1. The molecule has 4 aromatic carbocycles. The van der Waals surface area contributed by atoms with E-state index in [-0.39, 0.29) is 37.9 Å². The number of urea groups is 1. The Morgan fingerprint density at radius 2 is 1.57 bits per heavy atom. The lowest BCUT2D eigenvalue weighted by Gasteiger charge is -2.41. The van der Waals surface area contributed by atoms with Crippen LogP contribution in [0, 0.1) is 5.92 Å². The molecule has 240 valence electrons. The van der Waals surface area contributed by atoms with Gasteiger partial charge in [0.05, 0.1) is 25.4 Å². The van der Waals surface area contributed by atoms with E-state index in [4.69, 9.17) is 14.2 Å². The molecule has 5 rings (SSSR count). The van der Waals surface area contributed by atoms with Gasteiger partial charge in [0.25, 0.3) is 0 Å². The first kappa shape index (κ1) is 33.2. The molecule has 1 aliphatic heterocycles. The predicted octanol–water partition coefficient (Wildman–Crippen LogP) is 6.79. The fraction of sp³-hybridized carbons (Fsp3) is 0.297. The van der Waals surface area contributed by atoms with Crippen molar-refractivity contribution in [2.45, 2.75) is 50.4 Å². The number of amides is 2. The van der Waals surface area contributed by atoms with Gasteiger partial charge < -0.3 is 30.0 Å². The van der Waals surface area contributed by atoms with Gasteiger partial charge in [-0.15, -0.1) is 11.8 Å². The summed E-state index contributed by atoms with van der Waals surface area (Å²) in [5, 5.41) is 14.8. The van der Waals surface area contributed by atoms with Crippen molar-refractivity contribution in [3.8, 4) is 11.1 Å². The molecule has 4 unspecified atom stereocenters. The lowest BCUT2D eigenvalue weighted by molar-refractivity contribution is -0.268. The number of ether oxygens (including phenoxy) is 3. The Morgan fingerprint density at radius 3 is 2.28 bits per heavy atom. The van der Waals surface area contributed by atoms with Crippen LogP contribution < -0.4 is 10.6 Å². The average Bonchev–Trinajstić information content (AvgIpc) is 3.10. The number of carbonyl (C=O) groups excluding carboxylic acids is 2. The molecule has 1 heterocycles. The van der Waals surface area contributed by atoms with Gasteiger partial charge in [-0.1, -0.05) is 91.9 Å². The molecule has 0 saturated carbocycles. The molecular weight excluding hydrogens is 600 g/mol. The van der Waals surface area contributed by atoms with E-state index in [0.717, 1.165) is 39.1 Å². The number of hydrogen-bond donors (Lipinski definition) is 3. The molecule has 4 aromatic rings. The van der Waals surface area contributed by atoms with Crippen molar-refractivity contribution in [3.05, 3.63) is 125 Å². The van der Waals surface area contributed by atoms with Gasteiger partial charge in [-0.05, 0) is 52.9 Å². The minimum atomic E-state index is -0.544. The molecule has 9 heteroatoms. The van der Waals surface area contributed by atoms with Crippen molar-refractivity contribution >= 4 is 23.8 Å². The van der Waals surface area contributed by atoms with Crippen molar-refractivity contribution in [1.82, 2.24) is 10.6 Å². The number of aliphatic hydroxyl groups excluding tert-OH is 1. The highest BCUT2D eigenvalue weighted by Crippen LogP contribution is 2.43. The van der Waals surface area contributed by atoms with Gasteiger partial charge in [-0.25, -0.2) is 4.79 Å². The summed E-state index contributed by atoms with van der Waals surface area (Å²) in [6, 6.07) is 34.0. The molecule has 4 atom stereocenters. The third kappa shape index (κ3) is 8.98. The molecule has 0 radical (unpaired) electrons. The van der Waals surface area contributed by atoms with Crippen LogP contribution in [0.5, 0.6) is 0 Å². The number of rotatable bonds is 12. The fourth-order valence-corrected chi connectivity index (χ4v) is 6.40. The van der Waals surface area contributed by atoms with E-state index in [1.54, 1.807) is 18.7 Å². The predicted molar refractivity (Wildman–Crippen MR) is 179 cm³/mol. The van der Waals surface area contributed by atoms with Gasteiger partial charge in [0.1, 0.15) is 6.54 Å². The average molecular weight is 641 g/mol. The van der Waals surface area contributed by atoms with E-state index in [1.807, 2.05) is 78.9 Å². The van der Waals surface area contributed by atoms with E-state index in [2.05, 4.69) is 41.8 Å². The number of aliphatic hydroxyl groups is 1. The number of thioether (sulfide) groups is 1. The van der Waals surface area contributed by atoms with Gasteiger partial charge in [0.2, 0.25) is 0 Å². The third-order valence-corrected chi connectivity index (χ3v) is 8.98. The monoisotopic (exact) mass is 640 g/mol. The van der Waals surface area contributed by atoms with Crippen molar-refractivity contribution < 1.29 is 28.9 Å². The fourth-order valence-electron chi connectivity index (χ4n) is 5.31. The highest BCUT2D eigenvalue weighted by Gasteiger charge is 2.38. The molecule has 0 aliphatic carbocycles. The maximum Gasteiger partial charge on any atom is 0.325 e. The van der Waals surface area contributed by atoms with Gasteiger partial charge >= 0.3 is 12.0 Å². The van der Waals surface area contributed by atoms with Crippen LogP contribution in [-0.2, 0) is 32.2 Å². The Hall–Kier alpha value is -4.15. The molecule has 0 bridgehead atoms. The maximum atomic E-state index is 12.1. The Kier molecular flexibility index (Phi) is 11.9. The van der Waals surface area contributed by atoms with Gasteiger partial charge in [0.15, 0.2) is 6.29 Å². The molecule has 1 aliphatic rings. The molecule has 0 spiro atoms. The normalized spacial score (nSPS) is 19.3. The van der Waals surface area contributed by atoms with E-state index in [9.17, 15) is 14.7 Å². The lowest BCUT2D eigenvalue weighted by atomic mass is 9.91. The van der Waals surface area contributed by atoms with Crippen LogP contribution in [0.3, 0.4) is 0 Å². The van der Waals surface area contributed by atoms with Crippen LogP contribution >= 0.6 is 11.8 Å². The van der Waals surface area contributed by atoms with Crippen LogP contribution in [-0.4, -0.2) is 42.1 Å². The van der Waals surface area contributed by atoms with E-state index < -0.39 is 18.3 Å². The summed E-state index contributed by atoms with van der Waals surface area (Å²) >= 11 is 1.78. The van der Waals surface area contributed by atoms with Crippen LogP contribution in [0.4, 0.5) is 4.79 Å². The molecule has 46 heavy (non-hydrogen) atoms. The number of hydrogen-bond acceptors (Lipinski definition) is 7. The van der Waals surface area contributed by atoms with Crippen LogP contribution in [0.15, 0.2) is 108 Å². The van der Waals surface area contributed by atoms with Crippen LogP contribution in [0.2, 0.25) is 0 Å². The SMILES string of the molecule is CCOC(=O)CNC(=O)NCc1cccc(-c2ccc(C3OC(CSc4ccccc4)C(C)C(c4ccc(CO)cc4)O3)cc2)c1. The van der Waals surface area contributed by atoms with Crippen LogP contribution in [0.25, 0.3) is 11.1 Å². The van der Waals surface area contributed by atoms with Crippen molar-refractivity contribution in [3.63, 3.8) is 0 Å². The minimum absolute atomic E-state index is 0.00165. The van der Waals surface area contributed by atoms with E-state index in [1.165, 1.54) is 4.90 Å². The lowest BCUT2D eigenvalue weighted by Crippen LogP contribution is -2.38. The summed E-state index contributed by atoms with van der Waals surface area (Å²) in [7, 11) is 0. The summed E-state index contributed by atoms with van der Waals surface area (Å²) in [6.07, 6.45) is -0.770. The van der Waals surface area contributed by atoms with Gasteiger partial charge in [0, 0.05) is 28.7 Å². The Bertz CT molecular complexity index is 1570. The van der Waals surface area contributed by atoms with Crippen molar-refractivity contribution in [2.24, 2.45) is 5.92 Å². The summed E-state index contributed by atoms with van der Waals surface area (Å²) in [5.41, 5.74) is 5.81. The smallest absolute Gasteiger partial charge is 0.325 e. The maximum absolute atomic E-state index is 12.1. The first-order valence-corrected chi connectivity index (χ1v) is 16.5. The summed E-state index contributed by atoms with van der Waals surface area (Å²) in [6.45, 7) is 4.29. The Labute approximate surface area is 274 Å². The second-order valence-electron chi connectivity index (χ2n) is 11.1. The zero-order chi connectivity index (χ0) is 32.3. The summed E-state index contributed by atoms with van der Waals surface area (Å²) in [4.78, 5) is 24.8. The standard InChI is InChI=1S/C37H40N2O6S/c1-3-43-34(41)22-39-37(42)38-21-27-8-7-9-31(20-27)28-16-18-30(19-17-28)36-44-33(24-46-32-10-5-4-6-11-32)25(2)35(45-36)29-14-12-26(23-40)13-15-29/h4-20,25,33,35-36,40H,3,21-24H2,1-2H3,(H2,38,39,42). The number of carbonyl (C=O) groups is 2. The first-order valence-electron chi connectivity index (χ1n) is 15.5. The third-order valence-electron chi connectivity index (χ3n) is 7.88. The summed E-state index contributed by atoms with van der Waals surface area (Å²) in [5.74, 6) is 0.418. The van der Waals surface area contributed by atoms with Crippen molar-refractivity contribution in [1.29, 1.82) is 0 Å². The van der Waals surface area contributed by atoms with Crippen LogP contribution in [0.1, 0.15) is 48.5 Å². The zero-order valence-corrected chi connectivity index (χ0v) is 26.9. The van der Waals surface area contributed by atoms with Gasteiger partial charge in [-0.2, -0.15) is 0 Å². The topological polar surface area (TPSA) is 106 Å². The van der Waals surface area contributed by atoms with Crippen molar-refractivity contribution in [2.75, 3.05) is 18.9 Å². The summed E-state index contributed by atoms with van der Waals surface area (Å²) < 4.78 is 18.1. The first-order chi connectivity index (χ1) is 22.4. The second-order valence-corrected chi connectivity index (χ2v) is 12.2. The van der Waals surface area contributed by atoms with E-state index in [0.29, 0.717) is 6.54 Å². The molecular formula is C37H40N2O6S. The highest BCUT2D eigenvalue weighted by molar-refractivity contribution is 7.99. The number of nitrogens with one attached hydrogen (secondary N) is 2. The molecule has 1 fully saturated rings. The Morgan fingerprint density at radius 1 is 0.826 bits per heavy atom. The largest absolute Gasteiger partial charge is 0.465 e. The minimum Gasteiger partial charge on any atom is -0.465 e. The highest BCUT2D eigenvalue weighted by atomic mass is 32.2. The molecule has 1 saturated heterocycles. The second kappa shape index (κ2) is 16.4. The Balaban J connectivity index is 1.27. The molecule has 8 nitrogen and oxygen atoms in total. The van der Waals surface area contributed by atoms with E-state index >= 15 is 0 Å². The molecule has 2 amide bonds. The molecule has 0 aromatic heterocycles. The van der Waals surface area contributed by atoms with Gasteiger partial charge in [-0.3, -0.25) is 4.79 Å².